The van der Waals surface area contributed by atoms with E-state index >= 15 is 0 Å². The van der Waals surface area contributed by atoms with Crippen LogP contribution in [0.15, 0.2) is 52.5 Å². The van der Waals surface area contributed by atoms with Gasteiger partial charge in [-0.15, -0.1) is 5.10 Å². The topological polar surface area (TPSA) is 100 Å². The number of hydrogen-bond donors (Lipinski definition) is 5. The Bertz CT molecular complexity index is 746. The summed E-state index contributed by atoms with van der Waals surface area (Å²) in [6.45, 7) is 0. The summed E-state index contributed by atoms with van der Waals surface area (Å²) in [4.78, 5) is 0.880. The van der Waals surface area contributed by atoms with Crippen molar-refractivity contribution in [1.29, 1.82) is 0 Å². The Balaban J connectivity index is 2.33. The Morgan fingerprint density at radius 1 is 1.12 bits per heavy atom. The number of anilines is 2. The molecule has 0 unspecified atom stereocenters. The van der Waals surface area contributed by atoms with Gasteiger partial charge in [0.2, 0.25) is 0 Å². The van der Waals surface area contributed by atoms with Crippen LogP contribution in [0.25, 0.3) is 0 Å². The van der Waals surface area contributed by atoms with Gasteiger partial charge in [0, 0.05) is 21.8 Å². The van der Waals surface area contributed by atoms with Crippen molar-refractivity contribution in [3.05, 3.63) is 53.6 Å². The number of hydrazine groups is 1. The van der Waals surface area contributed by atoms with E-state index in [9.17, 15) is 13.2 Å². The minimum absolute atomic E-state index is 0.135. The van der Waals surface area contributed by atoms with Gasteiger partial charge in [-0.1, -0.05) is 0 Å². The maximum Gasteiger partial charge on any atom is 0.416 e. The molecule has 0 atom stereocenters. The first-order valence-corrected chi connectivity index (χ1v) is 7.88. The first-order valence-electron chi connectivity index (χ1n) is 7.06. The molecule has 0 bridgehead atoms. The number of rotatable bonds is 6. The van der Waals surface area contributed by atoms with Crippen molar-refractivity contribution in [2.75, 3.05) is 12.4 Å². The van der Waals surface area contributed by atoms with E-state index in [0.717, 1.165) is 17.0 Å². The zero-order valence-corrected chi connectivity index (χ0v) is 14.0. The first-order chi connectivity index (χ1) is 11.8. The Kier molecular flexibility index (Phi) is 6.12. The van der Waals surface area contributed by atoms with Crippen LogP contribution in [0.4, 0.5) is 24.5 Å². The number of nitrogens with two attached hydrogens (primary N) is 2. The summed E-state index contributed by atoms with van der Waals surface area (Å²) in [5, 5.41) is 6.78. The lowest BCUT2D eigenvalue weighted by Gasteiger charge is -2.14. The van der Waals surface area contributed by atoms with Gasteiger partial charge in [-0.2, -0.15) is 13.2 Å². The van der Waals surface area contributed by atoms with E-state index in [4.69, 9.17) is 11.6 Å². The van der Waals surface area contributed by atoms with Crippen LogP contribution < -0.4 is 27.2 Å². The molecule has 0 aliphatic rings. The van der Waals surface area contributed by atoms with Crippen LogP contribution in [-0.4, -0.2) is 12.9 Å². The molecule has 0 aliphatic heterocycles. The number of halogens is 3. The largest absolute Gasteiger partial charge is 0.416 e. The summed E-state index contributed by atoms with van der Waals surface area (Å²) in [7, 11) is 1.78. The number of nitrogens with one attached hydrogen (secondary N) is 3. The van der Waals surface area contributed by atoms with E-state index < -0.39 is 11.7 Å². The predicted molar refractivity (Wildman–Crippen MR) is 94.1 cm³/mol. The van der Waals surface area contributed by atoms with E-state index in [-0.39, 0.29) is 5.84 Å². The quantitative estimate of drug-likeness (QED) is 0.176. The lowest BCUT2D eigenvalue weighted by Crippen LogP contribution is -2.23. The van der Waals surface area contributed by atoms with Crippen molar-refractivity contribution in [2.45, 2.75) is 11.1 Å². The van der Waals surface area contributed by atoms with Gasteiger partial charge >= 0.3 is 6.18 Å². The molecule has 7 N–H and O–H groups in total. The molecule has 0 aromatic heterocycles. The third kappa shape index (κ3) is 5.02. The van der Waals surface area contributed by atoms with Gasteiger partial charge in [-0.3, -0.25) is 4.72 Å². The molecule has 0 fully saturated rings. The number of alkyl halides is 3. The molecule has 2 aromatic rings. The average molecular weight is 370 g/mol. The fourth-order valence-electron chi connectivity index (χ4n) is 2.05. The predicted octanol–water partition coefficient (Wildman–Crippen LogP) is 2.76. The summed E-state index contributed by atoms with van der Waals surface area (Å²) < 4.78 is 40.9. The van der Waals surface area contributed by atoms with E-state index in [1.165, 1.54) is 24.1 Å². The lowest BCUT2D eigenvalue weighted by molar-refractivity contribution is -0.137. The van der Waals surface area contributed by atoms with Crippen LogP contribution in [0.2, 0.25) is 0 Å². The normalized spacial score (nSPS) is 12.1. The third-order valence-electron chi connectivity index (χ3n) is 3.16. The van der Waals surface area contributed by atoms with Gasteiger partial charge in [0.05, 0.1) is 5.56 Å². The highest BCUT2D eigenvalue weighted by molar-refractivity contribution is 7.97. The molecule has 0 radical (unpaired) electrons. The van der Waals surface area contributed by atoms with E-state index in [1.54, 1.807) is 19.2 Å². The van der Waals surface area contributed by atoms with Gasteiger partial charge in [0.15, 0.2) is 5.84 Å². The average Bonchev–Trinajstić information content (AvgIpc) is 2.56. The number of benzene rings is 2. The van der Waals surface area contributed by atoms with Crippen molar-refractivity contribution >= 4 is 29.2 Å². The van der Waals surface area contributed by atoms with Crippen LogP contribution >= 0.6 is 11.9 Å². The zero-order chi connectivity index (χ0) is 18.4. The van der Waals surface area contributed by atoms with E-state index in [2.05, 4.69) is 20.7 Å². The fraction of sp³-hybridized carbons (Fsp3) is 0.133. The molecule has 0 saturated carbocycles. The van der Waals surface area contributed by atoms with Gasteiger partial charge < -0.3 is 11.1 Å². The maximum absolute atomic E-state index is 12.6. The molecule has 134 valence electrons. The standard InChI is InChI=1S/C15H17F3N6S/c1-21-25-11-6-7-13(12(8-11)14(19)23-24-20)22-10-4-2-9(3-5-10)15(16,17)18/h2-8,21-22,24H,20H2,1H3,(H2,19,23). The summed E-state index contributed by atoms with van der Waals surface area (Å²) in [5.41, 5.74) is 8.92. The minimum Gasteiger partial charge on any atom is -0.382 e. The van der Waals surface area contributed by atoms with Gasteiger partial charge in [0.25, 0.3) is 0 Å². The highest BCUT2D eigenvalue weighted by Gasteiger charge is 2.29. The smallest absolute Gasteiger partial charge is 0.382 e. The lowest BCUT2D eigenvalue weighted by atomic mass is 10.1. The highest BCUT2D eigenvalue weighted by atomic mass is 32.2. The van der Waals surface area contributed by atoms with E-state index in [0.29, 0.717) is 16.9 Å². The minimum atomic E-state index is -4.38. The Morgan fingerprint density at radius 2 is 1.80 bits per heavy atom. The fourth-order valence-corrected chi connectivity index (χ4v) is 2.60. The third-order valence-corrected chi connectivity index (χ3v) is 3.86. The molecule has 0 aliphatic carbocycles. The highest BCUT2D eigenvalue weighted by Crippen LogP contribution is 2.31. The van der Waals surface area contributed by atoms with E-state index in [1.807, 2.05) is 6.07 Å². The Labute approximate surface area is 147 Å². The molecule has 6 nitrogen and oxygen atoms in total. The van der Waals surface area contributed by atoms with Crippen LogP contribution in [0.3, 0.4) is 0 Å². The molecule has 10 heteroatoms. The Morgan fingerprint density at radius 3 is 2.36 bits per heavy atom. The van der Waals surface area contributed by atoms with Crippen molar-refractivity contribution in [2.24, 2.45) is 16.7 Å². The number of hydrazone groups is 1. The maximum atomic E-state index is 12.6. The van der Waals surface area contributed by atoms with Crippen LogP contribution in [0, 0.1) is 0 Å². The first kappa shape index (κ1) is 18.9. The summed E-state index contributed by atoms with van der Waals surface area (Å²) in [5.74, 6) is 5.30. The monoisotopic (exact) mass is 370 g/mol. The molecule has 2 rings (SSSR count). The molecule has 0 heterocycles. The van der Waals surface area contributed by atoms with Gasteiger partial charge in [0.1, 0.15) is 0 Å². The Hall–Kier alpha value is -2.43. The SMILES string of the molecule is CNSc1ccc(Nc2ccc(C(F)(F)F)cc2)c(/C(N)=N/NN)c1. The summed E-state index contributed by atoms with van der Waals surface area (Å²) >= 11 is 1.38. The summed E-state index contributed by atoms with van der Waals surface area (Å²) in [6.07, 6.45) is -4.38. The second kappa shape index (κ2) is 8.10. The molecule has 2 aromatic carbocycles. The number of hydrogen-bond acceptors (Lipinski definition) is 6. The van der Waals surface area contributed by atoms with Crippen LogP contribution in [0.1, 0.15) is 11.1 Å². The van der Waals surface area contributed by atoms with Gasteiger partial charge in [-0.05, 0) is 61.5 Å². The molecular weight excluding hydrogens is 353 g/mol. The second-order valence-corrected chi connectivity index (χ2v) is 5.92. The number of nitrogens with zero attached hydrogens (tertiary/aromatic N) is 1. The van der Waals surface area contributed by atoms with Crippen molar-refractivity contribution in [3.63, 3.8) is 0 Å². The molecule has 0 spiro atoms. The summed E-state index contributed by atoms with van der Waals surface area (Å²) in [6, 6.07) is 10.1. The van der Waals surface area contributed by atoms with Crippen LogP contribution in [0.5, 0.6) is 0 Å². The van der Waals surface area contributed by atoms with Crippen LogP contribution in [-0.2, 0) is 6.18 Å². The van der Waals surface area contributed by atoms with Crippen molar-refractivity contribution in [1.82, 2.24) is 10.3 Å². The zero-order valence-electron chi connectivity index (χ0n) is 13.2. The molecule has 0 amide bonds. The van der Waals surface area contributed by atoms with Crippen molar-refractivity contribution in [3.8, 4) is 0 Å². The molecular formula is C15H17F3N6S. The van der Waals surface area contributed by atoms with Crippen molar-refractivity contribution < 1.29 is 13.2 Å². The molecule has 25 heavy (non-hydrogen) atoms. The second-order valence-electron chi connectivity index (χ2n) is 4.84. The number of amidine groups is 1. The molecule has 0 saturated heterocycles. The van der Waals surface area contributed by atoms with Gasteiger partial charge in [-0.25, -0.2) is 11.4 Å².